The van der Waals surface area contributed by atoms with E-state index in [9.17, 15) is 0 Å². The maximum absolute atomic E-state index is 8.72. The molecule has 0 aliphatic rings. The van der Waals surface area contributed by atoms with Crippen LogP contribution < -0.4 is 10.1 Å². The highest BCUT2D eigenvalue weighted by atomic mass is 32.2. The van der Waals surface area contributed by atoms with E-state index in [1.165, 1.54) is 6.33 Å². The Balaban J connectivity index is 2.77. The molecule has 0 aromatic carbocycles. The SMILES string of the molecule is CCNc1ncnc(SCCCO)c1OC. The number of methoxy groups -OCH3 is 1. The summed E-state index contributed by atoms with van der Waals surface area (Å²) in [5.74, 6) is 2.20. The fourth-order valence-electron chi connectivity index (χ4n) is 1.17. The van der Waals surface area contributed by atoms with Crippen LogP contribution in [-0.4, -0.2) is 41.1 Å². The van der Waals surface area contributed by atoms with Gasteiger partial charge in [-0.2, -0.15) is 0 Å². The Bertz CT molecular complexity index is 323. The second-order valence-electron chi connectivity index (χ2n) is 3.02. The molecule has 0 atom stereocenters. The summed E-state index contributed by atoms with van der Waals surface area (Å²) < 4.78 is 5.29. The van der Waals surface area contributed by atoms with E-state index in [-0.39, 0.29) is 6.61 Å². The van der Waals surface area contributed by atoms with E-state index >= 15 is 0 Å². The molecule has 0 radical (unpaired) electrons. The van der Waals surface area contributed by atoms with Gasteiger partial charge in [0.25, 0.3) is 0 Å². The smallest absolute Gasteiger partial charge is 0.193 e. The molecule has 0 fully saturated rings. The standard InChI is InChI=1S/C10H17N3O2S/c1-3-11-9-8(15-2)10(13-7-12-9)16-6-4-5-14/h7,14H,3-6H2,1-2H3,(H,11,12,13). The highest BCUT2D eigenvalue weighted by molar-refractivity contribution is 7.99. The number of ether oxygens (including phenoxy) is 1. The number of rotatable bonds is 7. The molecule has 1 heterocycles. The Labute approximate surface area is 99.6 Å². The van der Waals surface area contributed by atoms with E-state index in [4.69, 9.17) is 9.84 Å². The van der Waals surface area contributed by atoms with E-state index in [0.717, 1.165) is 23.7 Å². The average Bonchev–Trinajstić information content (AvgIpc) is 2.30. The fraction of sp³-hybridized carbons (Fsp3) is 0.600. The molecule has 1 aromatic rings. The minimum atomic E-state index is 0.195. The van der Waals surface area contributed by atoms with Crippen molar-refractivity contribution in [3.05, 3.63) is 6.33 Å². The van der Waals surface area contributed by atoms with Crippen LogP contribution in [0.3, 0.4) is 0 Å². The van der Waals surface area contributed by atoms with Gasteiger partial charge < -0.3 is 15.2 Å². The van der Waals surface area contributed by atoms with Gasteiger partial charge in [0.1, 0.15) is 11.4 Å². The van der Waals surface area contributed by atoms with Crippen molar-refractivity contribution in [2.24, 2.45) is 0 Å². The fourth-order valence-corrected chi connectivity index (χ4v) is 2.07. The Morgan fingerprint density at radius 3 is 2.94 bits per heavy atom. The minimum absolute atomic E-state index is 0.195. The van der Waals surface area contributed by atoms with Gasteiger partial charge in [-0.25, -0.2) is 9.97 Å². The zero-order valence-corrected chi connectivity index (χ0v) is 10.4. The maximum atomic E-state index is 8.72. The van der Waals surface area contributed by atoms with Crippen molar-refractivity contribution in [3.63, 3.8) is 0 Å². The second kappa shape index (κ2) is 7.29. The average molecular weight is 243 g/mol. The first-order valence-corrected chi connectivity index (χ1v) is 6.18. The van der Waals surface area contributed by atoms with Gasteiger partial charge in [-0.05, 0) is 13.3 Å². The number of aliphatic hydroxyl groups is 1. The van der Waals surface area contributed by atoms with Crippen LogP contribution in [0.5, 0.6) is 5.75 Å². The molecule has 1 aromatic heterocycles. The quantitative estimate of drug-likeness (QED) is 0.428. The highest BCUT2D eigenvalue weighted by Crippen LogP contribution is 2.32. The van der Waals surface area contributed by atoms with Gasteiger partial charge in [-0.3, -0.25) is 0 Å². The predicted octanol–water partition coefficient (Wildman–Crippen LogP) is 1.39. The van der Waals surface area contributed by atoms with Crippen LogP contribution in [0.4, 0.5) is 5.82 Å². The number of nitrogens with one attached hydrogen (secondary N) is 1. The van der Waals surface area contributed by atoms with Crippen molar-refractivity contribution >= 4 is 17.6 Å². The molecule has 0 aliphatic heterocycles. The predicted molar refractivity (Wildman–Crippen MR) is 65.2 cm³/mol. The van der Waals surface area contributed by atoms with Crippen LogP contribution in [0.1, 0.15) is 13.3 Å². The number of hydrogen-bond acceptors (Lipinski definition) is 6. The molecule has 0 saturated carbocycles. The number of aliphatic hydroxyl groups excluding tert-OH is 1. The van der Waals surface area contributed by atoms with Gasteiger partial charge in [-0.15, -0.1) is 11.8 Å². The zero-order chi connectivity index (χ0) is 11.8. The Kier molecular flexibility index (Phi) is 5.95. The van der Waals surface area contributed by atoms with Crippen LogP contribution in [0.15, 0.2) is 11.4 Å². The summed E-state index contributed by atoms with van der Waals surface area (Å²) in [6, 6.07) is 0. The molecule has 0 amide bonds. The Hall–Kier alpha value is -1.01. The molecule has 0 spiro atoms. The first-order chi connectivity index (χ1) is 7.83. The van der Waals surface area contributed by atoms with Crippen LogP contribution in [0, 0.1) is 0 Å². The molecule has 1 rings (SSSR count). The van der Waals surface area contributed by atoms with Crippen LogP contribution in [0.25, 0.3) is 0 Å². The number of thioether (sulfide) groups is 1. The maximum Gasteiger partial charge on any atom is 0.193 e. The van der Waals surface area contributed by atoms with Crippen molar-refractivity contribution in [2.45, 2.75) is 18.4 Å². The van der Waals surface area contributed by atoms with Crippen molar-refractivity contribution in [1.29, 1.82) is 0 Å². The van der Waals surface area contributed by atoms with Gasteiger partial charge in [0.15, 0.2) is 11.6 Å². The summed E-state index contributed by atoms with van der Waals surface area (Å²) in [5, 5.41) is 12.6. The molecule has 0 bridgehead atoms. The van der Waals surface area contributed by atoms with Gasteiger partial charge in [0.05, 0.1) is 7.11 Å². The van der Waals surface area contributed by atoms with Crippen molar-refractivity contribution < 1.29 is 9.84 Å². The number of nitrogens with zero attached hydrogens (tertiary/aromatic N) is 2. The zero-order valence-electron chi connectivity index (χ0n) is 9.56. The highest BCUT2D eigenvalue weighted by Gasteiger charge is 2.11. The molecular formula is C10H17N3O2S. The van der Waals surface area contributed by atoms with Crippen LogP contribution in [0.2, 0.25) is 0 Å². The molecule has 0 unspecified atom stereocenters. The third kappa shape index (κ3) is 3.53. The lowest BCUT2D eigenvalue weighted by Crippen LogP contribution is -2.04. The lowest BCUT2D eigenvalue weighted by Gasteiger charge is -2.11. The van der Waals surface area contributed by atoms with E-state index < -0.39 is 0 Å². The topological polar surface area (TPSA) is 67.3 Å². The third-order valence-electron chi connectivity index (χ3n) is 1.86. The van der Waals surface area contributed by atoms with Crippen molar-refractivity contribution in [1.82, 2.24) is 9.97 Å². The van der Waals surface area contributed by atoms with E-state index in [2.05, 4.69) is 15.3 Å². The summed E-state index contributed by atoms with van der Waals surface area (Å²) in [6.45, 7) is 2.98. The first-order valence-electron chi connectivity index (χ1n) is 5.20. The molecule has 0 saturated heterocycles. The number of anilines is 1. The molecule has 0 aliphatic carbocycles. The first kappa shape index (κ1) is 13.1. The van der Waals surface area contributed by atoms with Crippen molar-refractivity contribution in [3.8, 4) is 5.75 Å². The van der Waals surface area contributed by atoms with Crippen LogP contribution in [-0.2, 0) is 0 Å². The monoisotopic (exact) mass is 243 g/mol. The van der Waals surface area contributed by atoms with Crippen LogP contribution >= 0.6 is 11.8 Å². The molecule has 2 N–H and O–H groups in total. The van der Waals surface area contributed by atoms with Gasteiger partial charge in [0, 0.05) is 18.9 Å². The minimum Gasteiger partial charge on any atom is -0.490 e. The largest absolute Gasteiger partial charge is 0.490 e. The Morgan fingerprint density at radius 2 is 2.31 bits per heavy atom. The lowest BCUT2D eigenvalue weighted by atomic mass is 10.5. The summed E-state index contributed by atoms with van der Waals surface area (Å²) >= 11 is 1.56. The lowest BCUT2D eigenvalue weighted by molar-refractivity contribution is 0.296. The van der Waals surface area contributed by atoms with Gasteiger partial charge in [-0.1, -0.05) is 0 Å². The Morgan fingerprint density at radius 1 is 1.50 bits per heavy atom. The normalized spacial score (nSPS) is 10.2. The summed E-state index contributed by atoms with van der Waals surface area (Å²) in [7, 11) is 1.61. The van der Waals surface area contributed by atoms with Crippen molar-refractivity contribution in [2.75, 3.05) is 31.3 Å². The molecule has 6 heteroatoms. The summed E-state index contributed by atoms with van der Waals surface area (Å²) in [5.41, 5.74) is 0. The van der Waals surface area contributed by atoms with Gasteiger partial charge in [0.2, 0.25) is 0 Å². The number of aromatic nitrogens is 2. The van der Waals surface area contributed by atoms with E-state index in [1.807, 2.05) is 6.92 Å². The molecule has 5 nitrogen and oxygen atoms in total. The second-order valence-corrected chi connectivity index (χ2v) is 4.10. The number of hydrogen-bond donors (Lipinski definition) is 2. The molecule has 16 heavy (non-hydrogen) atoms. The van der Waals surface area contributed by atoms with E-state index in [1.54, 1.807) is 18.9 Å². The summed E-state index contributed by atoms with van der Waals surface area (Å²) in [6.07, 6.45) is 2.26. The van der Waals surface area contributed by atoms with Gasteiger partial charge >= 0.3 is 0 Å². The molecular weight excluding hydrogens is 226 g/mol. The van der Waals surface area contributed by atoms with E-state index in [0.29, 0.717) is 11.6 Å². The third-order valence-corrected chi connectivity index (χ3v) is 2.92. The summed E-state index contributed by atoms with van der Waals surface area (Å²) in [4.78, 5) is 8.29. The molecule has 90 valence electrons.